The second kappa shape index (κ2) is 23.5. The smallest absolute Gasteiger partial charge is 0.259 e. The van der Waals surface area contributed by atoms with Crippen LogP contribution in [0, 0.1) is 11.3 Å². The number of benzene rings is 3. The third-order valence-electron chi connectivity index (χ3n) is 10.5. The number of carbonyl (C=O) groups excluding carboxylic acids is 1. The number of rotatable bonds is 24. The molecular weight excluding hydrogens is 905 g/mol. The van der Waals surface area contributed by atoms with Gasteiger partial charge in [0.05, 0.1) is 52.9 Å². The highest BCUT2D eigenvalue weighted by atomic mass is 79.9. The Hall–Kier alpha value is -4.60. The van der Waals surface area contributed by atoms with Crippen molar-refractivity contribution < 1.29 is 42.3 Å². The van der Waals surface area contributed by atoms with Crippen molar-refractivity contribution in [1.82, 2.24) is 24.2 Å². The Labute approximate surface area is 384 Å². The molecule has 0 spiro atoms. The molecule has 3 aromatic carbocycles. The molecule has 5 atom stereocenters. The molecular formula is C46H57BrN7O9P. The van der Waals surface area contributed by atoms with E-state index in [0.29, 0.717) is 29.3 Å². The van der Waals surface area contributed by atoms with E-state index in [1.54, 1.807) is 25.1 Å². The summed E-state index contributed by atoms with van der Waals surface area (Å²) in [5, 5.41) is 13.1. The predicted molar refractivity (Wildman–Crippen MR) is 246 cm³/mol. The number of ether oxygens (including phenoxy) is 6. The summed E-state index contributed by atoms with van der Waals surface area (Å²) in [6.07, 6.45) is 0.452. The number of amides is 1. The number of hydrogen-bond donors (Lipinski definition) is 1. The van der Waals surface area contributed by atoms with Crippen LogP contribution in [0.1, 0.15) is 70.4 Å². The van der Waals surface area contributed by atoms with E-state index in [9.17, 15) is 10.1 Å². The van der Waals surface area contributed by atoms with E-state index in [2.05, 4.69) is 74.6 Å². The lowest BCUT2D eigenvalue weighted by Crippen LogP contribution is -2.43. The summed E-state index contributed by atoms with van der Waals surface area (Å²) >= 11 is 3.48. The minimum absolute atomic E-state index is 0.00494. The summed E-state index contributed by atoms with van der Waals surface area (Å²) in [6.45, 7) is 10.2. The number of halogens is 1. The molecule has 1 saturated heterocycles. The molecule has 1 amide bonds. The highest BCUT2D eigenvalue weighted by molar-refractivity contribution is 9.09. The number of imidazole rings is 1. The molecule has 1 N–H and O–H groups in total. The highest BCUT2D eigenvalue weighted by Gasteiger charge is 2.52. The summed E-state index contributed by atoms with van der Waals surface area (Å²) in [5.41, 5.74) is 2.09. The lowest BCUT2D eigenvalue weighted by molar-refractivity contribution is -0.137. The van der Waals surface area contributed by atoms with Crippen LogP contribution in [0.15, 0.2) is 91.5 Å². The normalized spacial score (nSPS) is 18.2. The molecule has 1 aliphatic rings. The summed E-state index contributed by atoms with van der Waals surface area (Å²) in [5.74, 6) is 1.33. The summed E-state index contributed by atoms with van der Waals surface area (Å²) in [7, 11) is 1.45. The Bertz CT molecular complexity index is 2210. The van der Waals surface area contributed by atoms with Crippen molar-refractivity contribution >= 4 is 47.3 Å². The van der Waals surface area contributed by atoms with E-state index >= 15 is 0 Å². The first-order chi connectivity index (χ1) is 31.1. The first kappa shape index (κ1) is 48.8. The van der Waals surface area contributed by atoms with Gasteiger partial charge in [-0.25, -0.2) is 19.6 Å². The van der Waals surface area contributed by atoms with Crippen molar-refractivity contribution in [3.8, 4) is 17.6 Å². The van der Waals surface area contributed by atoms with Crippen molar-refractivity contribution in [3.05, 3.63) is 108 Å². The topological polar surface area (TPSA) is 174 Å². The fourth-order valence-corrected chi connectivity index (χ4v) is 9.69. The molecule has 0 radical (unpaired) electrons. The zero-order valence-corrected chi connectivity index (χ0v) is 39.7. The molecule has 1 aliphatic heterocycles. The van der Waals surface area contributed by atoms with Gasteiger partial charge in [0.1, 0.15) is 48.5 Å². The van der Waals surface area contributed by atoms with E-state index in [-0.39, 0.29) is 50.2 Å². The SMILES string of the molecule is COc1ccc(C(OC[C@H]2O[C@@H](n3cnc4c(NC(C)=O)ncnc43)[C@H](OCOCCCBr)[C@@H]2OP(OCCC#N)N(C(C)C)C(C)C)(c2ccccc2)c2ccc(OC)cc2)cc1. The van der Waals surface area contributed by atoms with Crippen molar-refractivity contribution in [2.75, 3.05) is 51.5 Å². The predicted octanol–water partition coefficient (Wildman–Crippen LogP) is 8.51. The average Bonchev–Trinajstić information content (AvgIpc) is 3.88. The molecule has 1 fully saturated rings. The van der Waals surface area contributed by atoms with Gasteiger partial charge in [-0.15, -0.1) is 0 Å². The van der Waals surface area contributed by atoms with E-state index in [4.69, 9.17) is 37.5 Å². The maximum Gasteiger partial charge on any atom is 0.259 e. The molecule has 6 rings (SSSR count). The molecule has 0 aliphatic carbocycles. The second-order valence-electron chi connectivity index (χ2n) is 15.4. The molecule has 1 unspecified atom stereocenters. The number of hydrogen-bond acceptors (Lipinski definition) is 14. The number of carbonyl (C=O) groups is 1. The van der Waals surface area contributed by atoms with Crippen LogP contribution in [0.25, 0.3) is 11.2 Å². The highest BCUT2D eigenvalue weighted by Crippen LogP contribution is 2.51. The molecule has 3 heterocycles. The van der Waals surface area contributed by atoms with E-state index in [1.807, 2.05) is 78.9 Å². The molecule has 0 saturated carbocycles. The molecule has 2 aromatic heterocycles. The average molecular weight is 963 g/mol. The Balaban J connectivity index is 1.51. The fraction of sp³-hybridized carbons (Fsp3) is 0.457. The van der Waals surface area contributed by atoms with Crippen LogP contribution in [0.5, 0.6) is 11.5 Å². The largest absolute Gasteiger partial charge is 0.497 e. The van der Waals surface area contributed by atoms with Gasteiger partial charge in [0.2, 0.25) is 5.91 Å². The van der Waals surface area contributed by atoms with Crippen LogP contribution in [0.4, 0.5) is 5.82 Å². The molecule has 18 heteroatoms. The van der Waals surface area contributed by atoms with Gasteiger partial charge in [-0.2, -0.15) is 5.26 Å². The van der Waals surface area contributed by atoms with Crippen molar-refractivity contribution in [1.29, 1.82) is 5.26 Å². The number of nitrogens with one attached hydrogen (secondary N) is 1. The minimum Gasteiger partial charge on any atom is -0.497 e. The van der Waals surface area contributed by atoms with Gasteiger partial charge >= 0.3 is 0 Å². The Morgan fingerprint density at radius 1 is 0.922 bits per heavy atom. The second-order valence-corrected chi connectivity index (χ2v) is 17.6. The number of nitrogens with zero attached hydrogens (tertiary/aromatic N) is 6. The maximum atomic E-state index is 12.2. The Kier molecular flexibility index (Phi) is 18.0. The van der Waals surface area contributed by atoms with Crippen LogP contribution >= 0.6 is 24.5 Å². The molecule has 16 nitrogen and oxygen atoms in total. The van der Waals surface area contributed by atoms with Gasteiger partial charge in [0, 0.05) is 24.3 Å². The first-order valence-corrected chi connectivity index (χ1v) is 23.4. The third-order valence-corrected chi connectivity index (χ3v) is 13.2. The van der Waals surface area contributed by atoms with Crippen LogP contribution in [-0.2, 0) is 38.4 Å². The lowest BCUT2D eigenvalue weighted by Gasteiger charge is -2.39. The number of anilines is 1. The zero-order chi connectivity index (χ0) is 45.6. The molecule has 0 bridgehead atoms. The van der Waals surface area contributed by atoms with Gasteiger partial charge in [0.15, 0.2) is 23.2 Å². The van der Waals surface area contributed by atoms with E-state index < -0.39 is 38.7 Å². The van der Waals surface area contributed by atoms with Crippen molar-refractivity contribution in [2.24, 2.45) is 0 Å². The number of nitriles is 1. The summed E-state index contributed by atoms with van der Waals surface area (Å²) in [4.78, 5) is 25.7. The van der Waals surface area contributed by atoms with Crippen molar-refractivity contribution in [2.45, 2.75) is 89.7 Å². The van der Waals surface area contributed by atoms with E-state index in [1.165, 1.54) is 13.3 Å². The van der Waals surface area contributed by atoms with Gasteiger partial charge in [-0.05, 0) is 75.1 Å². The van der Waals surface area contributed by atoms with Crippen LogP contribution in [-0.4, -0.2) is 107 Å². The van der Waals surface area contributed by atoms with E-state index in [0.717, 1.165) is 28.4 Å². The molecule has 342 valence electrons. The number of alkyl halides is 1. The van der Waals surface area contributed by atoms with Gasteiger partial charge in [-0.1, -0.05) is 70.5 Å². The van der Waals surface area contributed by atoms with Crippen LogP contribution in [0.2, 0.25) is 0 Å². The number of fused-ring (bicyclic) bond motifs is 1. The zero-order valence-electron chi connectivity index (χ0n) is 37.3. The van der Waals surface area contributed by atoms with Gasteiger partial charge < -0.3 is 42.8 Å². The van der Waals surface area contributed by atoms with Crippen LogP contribution < -0.4 is 14.8 Å². The maximum absolute atomic E-state index is 12.2. The minimum atomic E-state index is -1.82. The lowest BCUT2D eigenvalue weighted by atomic mass is 9.80. The monoisotopic (exact) mass is 961 g/mol. The fourth-order valence-electron chi connectivity index (χ4n) is 7.69. The van der Waals surface area contributed by atoms with Gasteiger partial charge in [-0.3, -0.25) is 9.36 Å². The van der Waals surface area contributed by atoms with Crippen LogP contribution in [0.3, 0.4) is 0 Å². The summed E-state index contributed by atoms with van der Waals surface area (Å²) in [6, 6.07) is 27.8. The number of methoxy groups -OCH3 is 2. The standard InChI is InChI=1S/C46H57BrN7O9P/c1-31(2)54(32(3)4)64(61-26-12-24-48)63-41-39(62-45(42(41)59-30-58-25-11-23-47)53-29-51-40-43(52-33(5)55)49-28-50-44(40)53)27-60-46(34-13-9-8-10-14-34,35-15-19-37(56-6)20-16-35)36-17-21-38(57-7)22-18-36/h8-10,13-22,28-29,31-32,39,41-42,45H,11-12,23,25-27,30H2,1-7H3,(H,49,50,52,55)/t39-,41-,42-,45-,64?/m1/s1. The quantitative estimate of drug-likeness (QED) is 0.0205. The van der Waals surface area contributed by atoms with Gasteiger partial charge in [0.25, 0.3) is 8.53 Å². The molecule has 64 heavy (non-hydrogen) atoms. The Morgan fingerprint density at radius 2 is 1.56 bits per heavy atom. The third kappa shape index (κ3) is 11.4. The number of aromatic nitrogens is 4. The summed E-state index contributed by atoms with van der Waals surface area (Å²) < 4.78 is 56.0. The Morgan fingerprint density at radius 3 is 2.14 bits per heavy atom. The van der Waals surface area contributed by atoms with Crippen molar-refractivity contribution in [3.63, 3.8) is 0 Å². The molecule has 5 aromatic rings. The first-order valence-electron chi connectivity index (χ1n) is 21.2.